The van der Waals surface area contributed by atoms with Crippen LogP contribution in [0.1, 0.15) is 15.9 Å². The molecule has 26 heavy (non-hydrogen) atoms. The number of carbonyl (C=O) groups excluding carboxylic acids is 1. The van der Waals surface area contributed by atoms with Crippen LogP contribution in [0.3, 0.4) is 0 Å². The normalized spacial score (nSPS) is 15.0. The van der Waals surface area contributed by atoms with Crippen LogP contribution >= 0.6 is 0 Å². The molecule has 0 aliphatic carbocycles. The van der Waals surface area contributed by atoms with Gasteiger partial charge in [0.25, 0.3) is 5.91 Å². The summed E-state index contributed by atoms with van der Waals surface area (Å²) in [4.78, 5) is 16.0. The molecule has 0 radical (unpaired) electrons. The van der Waals surface area contributed by atoms with Gasteiger partial charge in [0.15, 0.2) is 11.5 Å². The first-order valence-electron chi connectivity index (χ1n) is 8.71. The number of rotatable bonds is 5. The van der Waals surface area contributed by atoms with Gasteiger partial charge in [-0.1, -0.05) is 24.3 Å². The zero-order chi connectivity index (χ0) is 18.5. The van der Waals surface area contributed by atoms with Crippen LogP contribution in [-0.4, -0.2) is 51.2 Å². The van der Waals surface area contributed by atoms with Crippen LogP contribution in [0.25, 0.3) is 0 Å². The Bertz CT molecular complexity index is 773. The van der Waals surface area contributed by atoms with Crippen LogP contribution in [0.15, 0.2) is 42.5 Å². The fourth-order valence-corrected chi connectivity index (χ4v) is 3.34. The summed E-state index contributed by atoms with van der Waals surface area (Å²) in [6.45, 7) is 3.46. The Morgan fingerprint density at radius 1 is 1.08 bits per heavy atom. The van der Waals surface area contributed by atoms with Gasteiger partial charge in [-0.25, -0.2) is 4.39 Å². The molecule has 0 atom stereocenters. The van der Waals surface area contributed by atoms with Crippen molar-refractivity contribution in [1.29, 1.82) is 0 Å². The molecule has 1 saturated heterocycles. The summed E-state index contributed by atoms with van der Waals surface area (Å²) in [5.41, 5.74) is 1.22. The molecule has 6 heteroatoms. The van der Waals surface area contributed by atoms with Crippen molar-refractivity contribution in [2.45, 2.75) is 6.54 Å². The lowest BCUT2D eigenvalue weighted by atomic mass is 10.1. The summed E-state index contributed by atoms with van der Waals surface area (Å²) >= 11 is 0. The SMILES string of the molecule is COc1cccc(C(=O)N2CC[NH+](Cc3ccccc3F)CC2)c1OC. The molecule has 2 aromatic carbocycles. The van der Waals surface area contributed by atoms with E-state index in [0.717, 1.165) is 18.7 Å². The summed E-state index contributed by atoms with van der Waals surface area (Å²) < 4.78 is 24.5. The Kier molecular flexibility index (Phi) is 5.73. The Labute approximate surface area is 152 Å². The molecular weight excluding hydrogens is 335 g/mol. The third kappa shape index (κ3) is 3.80. The Hall–Kier alpha value is -2.60. The molecule has 1 aliphatic rings. The van der Waals surface area contributed by atoms with Gasteiger partial charge in [0.05, 0.1) is 46.0 Å². The number of benzene rings is 2. The number of piperazine rings is 1. The molecule has 0 saturated carbocycles. The fourth-order valence-electron chi connectivity index (χ4n) is 3.34. The number of para-hydroxylation sites is 1. The largest absolute Gasteiger partial charge is 0.493 e. The second-order valence-corrected chi connectivity index (χ2v) is 6.35. The van der Waals surface area contributed by atoms with Crippen molar-refractivity contribution in [3.63, 3.8) is 0 Å². The number of hydrogen-bond donors (Lipinski definition) is 1. The number of methoxy groups -OCH3 is 2. The fraction of sp³-hybridized carbons (Fsp3) is 0.350. The lowest BCUT2D eigenvalue weighted by Gasteiger charge is -2.32. The number of ether oxygens (including phenoxy) is 2. The molecule has 1 heterocycles. The Morgan fingerprint density at radius 2 is 1.81 bits per heavy atom. The van der Waals surface area contributed by atoms with Gasteiger partial charge in [0.1, 0.15) is 12.4 Å². The van der Waals surface area contributed by atoms with E-state index in [-0.39, 0.29) is 11.7 Å². The minimum absolute atomic E-state index is 0.0642. The van der Waals surface area contributed by atoms with Crippen LogP contribution < -0.4 is 14.4 Å². The summed E-state index contributed by atoms with van der Waals surface area (Å²) in [5.74, 6) is 0.772. The highest BCUT2D eigenvalue weighted by molar-refractivity contribution is 5.97. The second kappa shape index (κ2) is 8.19. The van der Waals surface area contributed by atoms with Crippen molar-refractivity contribution in [2.75, 3.05) is 40.4 Å². The van der Waals surface area contributed by atoms with Crippen molar-refractivity contribution in [1.82, 2.24) is 4.90 Å². The van der Waals surface area contributed by atoms with E-state index in [1.54, 1.807) is 31.4 Å². The number of hydrogen-bond acceptors (Lipinski definition) is 3. The first kappa shape index (κ1) is 18.2. The third-order valence-corrected chi connectivity index (χ3v) is 4.79. The van der Waals surface area contributed by atoms with E-state index in [1.165, 1.54) is 18.1 Å². The first-order chi connectivity index (χ1) is 12.6. The number of halogens is 1. The van der Waals surface area contributed by atoms with Crippen LogP contribution in [0.4, 0.5) is 4.39 Å². The van der Waals surface area contributed by atoms with Gasteiger partial charge in [-0.05, 0) is 18.2 Å². The summed E-state index contributed by atoms with van der Waals surface area (Å²) in [6, 6.07) is 12.2. The van der Waals surface area contributed by atoms with Crippen LogP contribution in [0, 0.1) is 5.82 Å². The van der Waals surface area contributed by atoms with Gasteiger partial charge >= 0.3 is 0 Å². The number of carbonyl (C=O) groups is 1. The second-order valence-electron chi connectivity index (χ2n) is 6.35. The lowest BCUT2D eigenvalue weighted by molar-refractivity contribution is -0.917. The van der Waals surface area contributed by atoms with E-state index in [9.17, 15) is 9.18 Å². The molecule has 0 spiro atoms. The Morgan fingerprint density at radius 3 is 2.46 bits per heavy atom. The smallest absolute Gasteiger partial charge is 0.258 e. The van der Waals surface area contributed by atoms with E-state index in [1.807, 2.05) is 17.0 Å². The van der Waals surface area contributed by atoms with E-state index in [0.29, 0.717) is 36.7 Å². The monoisotopic (exact) mass is 359 g/mol. The van der Waals surface area contributed by atoms with Gasteiger partial charge < -0.3 is 19.3 Å². The van der Waals surface area contributed by atoms with Gasteiger partial charge in [0.2, 0.25) is 0 Å². The Balaban J connectivity index is 1.65. The number of nitrogens with zero attached hydrogens (tertiary/aromatic N) is 1. The van der Waals surface area contributed by atoms with Gasteiger partial charge in [-0.2, -0.15) is 0 Å². The highest BCUT2D eigenvalue weighted by Crippen LogP contribution is 2.31. The molecule has 0 bridgehead atoms. The molecule has 1 N–H and O–H groups in total. The van der Waals surface area contributed by atoms with E-state index in [4.69, 9.17) is 9.47 Å². The number of nitrogens with one attached hydrogen (secondary N) is 1. The predicted molar refractivity (Wildman–Crippen MR) is 96.3 cm³/mol. The maximum atomic E-state index is 13.8. The molecular formula is C20H24FN2O3+. The van der Waals surface area contributed by atoms with Crippen LogP contribution in [0.5, 0.6) is 11.5 Å². The maximum Gasteiger partial charge on any atom is 0.258 e. The van der Waals surface area contributed by atoms with E-state index >= 15 is 0 Å². The molecule has 5 nitrogen and oxygen atoms in total. The van der Waals surface area contributed by atoms with E-state index < -0.39 is 0 Å². The molecule has 138 valence electrons. The molecule has 1 amide bonds. The quantitative estimate of drug-likeness (QED) is 0.877. The van der Waals surface area contributed by atoms with Crippen LogP contribution in [0.2, 0.25) is 0 Å². The average molecular weight is 359 g/mol. The zero-order valence-electron chi connectivity index (χ0n) is 15.1. The maximum absolute atomic E-state index is 13.8. The molecule has 1 aliphatic heterocycles. The molecule has 0 unspecified atom stereocenters. The van der Waals surface area contributed by atoms with Gasteiger partial charge in [-0.3, -0.25) is 4.79 Å². The minimum atomic E-state index is -0.167. The third-order valence-electron chi connectivity index (χ3n) is 4.79. The van der Waals surface area contributed by atoms with Crippen molar-refractivity contribution in [2.24, 2.45) is 0 Å². The molecule has 2 aromatic rings. The lowest BCUT2D eigenvalue weighted by Crippen LogP contribution is -3.13. The zero-order valence-corrected chi connectivity index (χ0v) is 15.1. The van der Waals surface area contributed by atoms with Gasteiger partial charge in [0, 0.05) is 5.56 Å². The van der Waals surface area contributed by atoms with Crippen LogP contribution in [-0.2, 0) is 6.54 Å². The average Bonchev–Trinajstić information content (AvgIpc) is 2.69. The summed E-state index contributed by atoms with van der Waals surface area (Å²) in [6.07, 6.45) is 0. The molecule has 3 rings (SSSR count). The first-order valence-corrected chi connectivity index (χ1v) is 8.71. The summed E-state index contributed by atoms with van der Waals surface area (Å²) in [7, 11) is 3.09. The summed E-state index contributed by atoms with van der Waals surface area (Å²) in [5, 5.41) is 0. The molecule has 0 aromatic heterocycles. The molecule has 1 fully saturated rings. The minimum Gasteiger partial charge on any atom is -0.493 e. The number of quaternary nitrogens is 1. The predicted octanol–water partition coefficient (Wildman–Crippen LogP) is 1.38. The van der Waals surface area contributed by atoms with Crippen molar-refractivity contribution >= 4 is 5.91 Å². The number of amides is 1. The van der Waals surface area contributed by atoms with Crippen molar-refractivity contribution in [3.05, 3.63) is 59.4 Å². The van der Waals surface area contributed by atoms with Crippen molar-refractivity contribution < 1.29 is 23.6 Å². The van der Waals surface area contributed by atoms with E-state index in [2.05, 4.69) is 0 Å². The van der Waals surface area contributed by atoms with Gasteiger partial charge in [-0.15, -0.1) is 0 Å². The standard InChI is InChI=1S/C20H23FN2O3/c1-25-18-9-5-7-16(19(18)26-2)20(24)23-12-10-22(11-13-23)14-15-6-3-4-8-17(15)21/h3-9H,10-14H2,1-2H3/p+1. The topological polar surface area (TPSA) is 43.2 Å². The highest BCUT2D eigenvalue weighted by atomic mass is 19.1. The van der Waals surface area contributed by atoms with Crippen molar-refractivity contribution in [3.8, 4) is 11.5 Å². The highest BCUT2D eigenvalue weighted by Gasteiger charge is 2.27.